The molecule has 0 saturated heterocycles. The molecule has 0 unspecified atom stereocenters. The summed E-state index contributed by atoms with van der Waals surface area (Å²) in [4.78, 5) is 13.6. The third-order valence-electron chi connectivity index (χ3n) is 4.58. The van der Waals surface area contributed by atoms with Crippen LogP contribution in [0.2, 0.25) is 16.6 Å². The normalized spacial score (nSPS) is 11.5. The highest BCUT2D eigenvalue weighted by Gasteiger charge is 2.42. The molecule has 0 atom stereocenters. The van der Waals surface area contributed by atoms with Gasteiger partial charge in [0.15, 0.2) is 0 Å². The minimum absolute atomic E-state index is 0.0298. The Morgan fingerprint density at radius 2 is 1.41 bits per heavy atom. The van der Waals surface area contributed by atoms with Crippen LogP contribution >= 0.6 is 0 Å². The fraction of sp³-hybridized carbons (Fsp3) is 0.526. The Bertz CT molecular complexity index is 530. The van der Waals surface area contributed by atoms with Crippen molar-refractivity contribution in [3.63, 3.8) is 0 Å². The summed E-state index contributed by atoms with van der Waals surface area (Å²) >= 11 is 0. The average Bonchev–Trinajstić information content (AvgIpc) is 2.42. The second-order valence-electron chi connectivity index (χ2n) is 6.82. The molecule has 1 amide bonds. The Morgan fingerprint density at radius 1 is 0.955 bits per heavy atom. The quantitative estimate of drug-likeness (QED) is 0.424. The van der Waals surface area contributed by atoms with E-state index in [0.29, 0.717) is 16.6 Å². The van der Waals surface area contributed by atoms with Gasteiger partial charge in [-0.15, -0.1) is 5.54 Å². The molecule has 1 aromatic carbocycles. The number of hydrogen-bond donors (Lipinski definition) is 0. The van der Waals surface area contributed by atoms with Gasteiger partial charge in [0.2, 0.25) is 5.91 Å². The molecule has 0 aliphatic carbocycles. The largest absolute Gasteiger partial charge is 0.274 e. The SMILES string of the molecule is CC(=O)N(C#C[Si](C(C)C)(C(C)C)C(C)C)c1ccccc1. The van der Waals surface area contributed by atoms with Crippen LogP contribution in [-0.2, 0) is 4.79 Å². The maximum Gasteiger partial charge on any atom is 0.235 e. The number of benzene rings is 1. The smallest absolute Gasteiger partial charge is 0.235 e. The van der Waals surface area contributed by atoms with Crippen LogP contribution in [-0.4, -0.2) is 14.0 Å². The molecule has 0 saturated carbocycles. The Kier molecular flexibility index (Phi) is 6.43. The monoisotopic (exact) mass is 315 g/mol. The molecule has 0 heterocycles. The highest BCUT2D eigenvalue weighted by atomic mass is 28.3. The standard InChI is InChI=1S/C19H29NOSi/c1-15(2)22(16(3)4,17(5)6)14-13-20(18(7)21)19-11-9-8-10-12-19/h8-12,15-17H,1-7H3. The third-order valence-corrected chi connectivity index (χ3v) is 10.9. The second kappa shape index (κ2) is 7.65. The van der Waals surface area contributed by atoms with Crippen molar-refractivity contribution >= 4 is 19.7 Å². The molecule has 0 radical (unpaired) electrons. The molecule has 0 aliphatic heterocycles. The molecule has 0 N–H and O–H groups in total. The maximum atomic E-state index is 12.0. The van der Waals surface area contributed by atoms with Crippen LogP contribution in [0.25, 0.3) is 0 Å². The van der Waals surface area contributed by atoms with Crippen LogP contribution in [0.15, 0.2) is 30.3 Å². The van der Waals surface area contributed by atoms with Gasteiger partial charge >= 0.3 is 0 Å². The van der Waals surface area contributed by atoms with E-state index < -0.39 is 8.07 Å². The van der Waals surface area contributed by atoms with Crippen molar-refractivity contribution in [3.8, 4) is 11.6 Å². The van der Waals surface area contributed by atoms with Crippen LogP contribution in [0.5, 0.6) is 0 Å². The lowest BCUT2D eigenvalue weighted by atomic mass is 10.3. The first-order chi connectivity index (χ1) is 10.2. The van der Waals surface area contributed by atoms with Crippen LogP contribution in [0.3, 0.4) is 0 Å². The number of carbonyl (C=O) groups excluding carboxylic acids is 1. The predicted molar refractivity (Wildman–Crippen MR) is 98.4 cm³/mol. The summed E-state index contributed by atoms with van der Waals surface area (Å²) < 4.78 is 0. The van der Waals surface area contributed by atoms with Gasteiger partial charge in [-0.3, -0.25) is 4.79 Å². The minimum atomic E-state index is -1.82. The van der Waals surface area contributed by atoms with E-state index in [1.807, 2.05) is 30.3 Å². The number of nitrogens with zero attached hydrogens (tertiary/aromatic N) is 1. The van der Waals surface area contributed by atoms with E-state index in [4.69, 9.17) is 0 Å². The molecule has 3 heteroatoms. The van der Waals surface area contributed by atoms with E-state index in [9.17, 15) is 4.79 Å². The van der Waals surface area contributed by atoms with Gasteiger partial charge in [-0.05, 0) is 28.8 Å². The Labute approximate surface area is 136 Å². The summed E-state index contributed by atoms with van der Waals surface area (Å²) in [5, 5.41) is 0. The first kappa shape index (κ1) is 18.5. The molecule has 0 fully saturated rings. The van der Waals surface area contributed by atoms with Crippen molar-refractivity contribution in [2.45, 2.75) is 65.1 Å². The van der Waals surface area contributed by atoms with E-state index in [0.717, 1.165) is 5.69 Å². The van der Waals surface area contributed by atoms with Gasteiger partial charge in [-0.1, -0.05) is 59.7 Å². The average molecular weight is 316 g/mol. The summed E-state index contributed by atoms with van der Waals surface area (Å²) in [5.41, 5.74) is 6.13. The van der Waals surface area contributed by atoms with Gasteiger partial charge in [0.05, 0.1) is 5.69 Å². The summed E-state index contributed by atoms with van der Waals surface area (Å²) in [6, 6.07) is 12.9. The number of rotatable bonds is 4. The molecule has 1 rings (SSSR count). The van der Waals surface area contributed by atoms with E-state index >= 15 is 0 Å². The van der Waals surface area contributed by atoms with Gasteiger partial charge < -0.3 is 0 Å². The first-order valence-electron chi connectivity index (χ1n) is 8.12. The lowest BCUT2D eigenvalue weighted by Gasteiger charge is -2.38. The number of para-hydroxylation sites is 1. The highest BCUT2D eigenvalue weighted by molar-refractivity contribution is 6.90. The maximum absolute atomic E-state index is 12.0. The molecule has 120 valence electrons. The fourth-order valence-corrected chi connectivity index (χ4v) is 8.66. The van der Waals surface area contributed by atoms with Crippen molar-refractivity contribution in [1.82, 2.24) is 0 Å². The molecule has 0 spiro atoms. The molecule has 2 nitrogen and oxygen atoms in total. The van der Waals surface area contributed by atoms with E-state index in [-0.39, 0.29) is 5.91 Å². The van der Waals surface area contributed by atoms with E-state index in [1.165, 1.54) is 0 Å². The van der Waals surface area contributed by atoms with Crippen LogP contribution in [0.1, 0.15) is 48.5 Å². The fourth-order valence-electron chi connectivity index (χ4n) is 3.49. The second-order valence-corrected chi connectivity index (χ2v) is 12.4. The molecule has 22 heavy (non-hydrogen) atoms. The Hall–Kier alpha value is -1.53. The van der Waals surface area contributed by atoms with Gasteiger partial charge in [-0.2, -0.15) is 0 Å². The van der Waals surface area contributed by atoms with Crippen molar-refractivity contribution < 1.29 is 4.79 Å². The number of amides is 1. The summed E-state index contributed by atoms with van der Waals surface area (Å²) in [5.74, 6) is -0.0298. The zero-order valence-electron chi connectivity index (χ0n) is 15.0. The summed E-state index contributed by atoms with van der Waals surface area (Å²) in [7, 11) is -1.82. The van der Waals surface area contributed by atoms with Crippen molar-refractivity contribution in [3.05, 3.63) is 30.3 Å². The zero-order chi connectivity index (χ0) is 16.9. The molecule has 0 aromatic heterocycles. The molecular formula is C19H29NOSi. The molecule has 1 aromatic rings. The van der Waals surface area contributed by atoms with Gasteiger partial charge in [0, 0.05) is 13.0 Å². The number of anilines is 1. The Morgan fingerprint density at radius 3 is 1.77 bits per heavy atom. The van der Waals surface area contributed by atoms with Crippen LogP contribution < -0.4 is 4.90 Å². The van der Waals surface area contributed by atoms with Crippen molar-refractivity contribution in [2.75, 3.05) is 4.90 Å². The predicted octanol–water partition coefficient (Wildman–Crippen LogP) is 5.22. The lowest BCUT2D eigenvalue weighted by molar-refractivity contribution is -0.115. The van der Waals surface area contributed by atoms with Gasteiger partial charge in [0.25, 0.3) is 0 Å². The molecular weight excluding hydrogens is 286 g/mol. The van der Waals surface area contributed by atoms with E-state index in [1.54, 1.807) is 11.8 Å². The summed E-state index contributed by atoms with van der Waals surface area (Å²) in [6.07, 6.45) is 0. The first-order valence-corrected chi connectivity index (χ1v) is 10.3. The molecule has 0 aliphatic rings. The van der Waals surface area contributed by atoms with Gasteiger partial charge in [-0.25, -0.2) is 4.90 Å². The molecule has 0 bridgehead atoms. The minimum Gasteiger partial charge on any atom is -0.274 e. The van der Waals surface area contributed by atoms with Crippen molar-refractivity contribution in [1.29, 1.82) is 0 Å². The van der Waals surface area contributed by atoms with Crippen LogP contribution in [0.4, 0.5) is 5.69 Å². The third kappa shape index (κ3) is 3.81. The lowest BCUT2D eigenvalue weighted by Crippen LogP contribution is -2.43. The summed E-state index contributed by atoms with van der Waals surface area (Å²) in [6.45, 7) is 15.3. The van der Waals surface area contributed by atoms with Crippen molar-refractivity contribution in [2.24, 2.45) is 0 Å². The number of hydrogen-bond acceptors (Lipinski definition) is 1. The van der Waals surface area contributed by atoms with Crippen LogP contribution in [0, 0.1) is 11.6 Å². The number of carbonyl (C=O) groups is 1. The highest BCUT2D eigenvalue weighted by Crippen LogP contribution is 2.40. The Balaban J connectivity index is 3.33. The zero-order valence-corrected chi connectivity index (χ0v) is 16.0. The topological polar surface area (TPSA) is 20.3 Å². The van der Waals surface area contributed by atoms with E-state index in [2.05, 4.69) is 53.1 Å². The van der Waals surface area contributed by atoms with Gasteiger partial charge in [0.1, 0.15) is 8.07 Å².